The Morgan fingerprint density at radius 1 is 1.64 bits per heavy atom. The van der Waals surface area contributed by atoms with Gasteiger partial charge in [0.25, 0.3) is 0 Å². The smallest absolute Gasteiger partial charge is 0.136 e. The lowest BCUT2D eigenvalue weighted by molar-refractivity contribution is 0.190. The van der Waals surface area contributed by atoms with Crippen LogP contribution in [0, 0.1) is 6.92 Å². The van der Waals surface area contributed by atoms with Gasteiger partial charge in [0, 0.05) is 5.69 Å². The second-order valence-corrected chi connectivity index (χ2v) is 3.01. The van der Waals surface area contributed by atoms with Crippen molar-refractivity contribution in [3.8, 4) is 0 Å². The Bertz CT molecular complexity index is 240. The molecule has 0 amide bonds. The molecule has 0 aliphatic heterocycles. The summed E-state index contributed by atoms with van der Waals surface area (Å²) in [6.07, 6.45) is 1.78. The van der Waals surface area contributed by atoms with Gasteiger partial charge >= 0.3 is 0 Å². The first kappa shape index (κ1) is 8.27. The van der Waals surface area contributed by atoms with E-state index in [1.165, 1.54) is 0 Å². The Kier molecular flexibility index (Phi) is 2.29. The highest BCUT2D eigenvalue weighted by molar-refractivity contribution is 5.18. The van der Waals surface area contributed by atoms with E-state index in [-0.39, 0.29) is 6.73 Å². The zero-order chi connectivity index (χ0) is 8.43. The summed E-state index contributed by atoms with van der Waals surface area (Å²) in [4.78, 5) is 0. The van der Waals surface area contributed by atoms with Crippen molar-refractivity contribution in [2.75, 3.05) is 0 Å². The van der Waals surface area contributed by atoms with Crippen LogP contribution in [0.3, 0.4) is 0 Å². The summed E-state index contributed by atoms with van der Waals surface area (Å²) < 4.78 is 1.62. The first-order valence-corrected chi connectivity index (χ1v) is 3.80. The van der Waals surface area contributed by atoms with E-state index in [4.69, 9.17) is 5.11 Å². The van der Waals surface area contributed by atoms with Gasteiger partial charge < -0.3 is 5.11 Å². The average molecular weight is 154 g/mol. The molecule has 0 saturated carbocycles. The van der Waals surface area contributed by atoms with Crippen molar-refractivity contribution < 1.29 is 5.11 Å². The monoisotopic (exact) mass is 154 g/mol. The fraction of sp³-hybridized carbons (Fsp3) is 0.625. The standard InChI is InChI=1S/C8H14N2O/c1-6(2)8-7(3)4-9-10(8)5-11/h4,6,11H,5H2,1-3H3. The van der Waals surface area contributed by atoms with Crippen LogP contribution in [-0.4, -0.2) is 14.9 Å². The summed E-state index contributed by atoms with van der Waals surface area (Å²) in [5, 5.41) is 12.9. The van der Waals surface area contributed by atoms with E-state index < -0.39 is 0 Å². The Balaban J connectivity index is 3.07. The van der Waals surface area contributed by atoms with Crippen LogP contribution in [0.4, 0.5) is 0 Å². The summed E-state index contributed by atoms with van der Waals surface area (Å²) in [5.74, 6) is 0.421. The van der Waals surface area contributed by atoms with Gasteiger partial charge in [0.15, 0.2) is 0 Å². The van der Waals surface area contributed by atoms with Gasteiger partial charge in [-0.25, -0.2) is 4.68 Å². The molecule has 0 spiro atoms. The lowest BCUT2D eigenvalue weighted by Crippen LogP contribution is -2.06. The summed E-state index contributed by atoms with van der Waals surface area (Å²) >= 11 is 0. The first-order valence-electron chi connectivity index (χ1n) is 3.80. The minimum absolute atomic E-state index is 0.0264. The molecule has 3 heteroatoms. The van der Waals surface area contributed by atoms with E-state index in [2.05, 4.69) is 18.9 Å². The molecular weight excluding hydrogens is 140 g/mol. The van der Waals surface area contributed by atoms with Crippen molar-refractivity contribution >= 4 is 0 Å². The molecule has 0 radical (unpaired) electrons. The van der Waals surface area contributed by atoms with E-state index in [1.54, 1.807) is 10.9 Å². The van der Waals surface area contributed by atoms with Crippen LogP contribution in [0.25, 0.3) is 0 Å². The summed E-state index contributed by atoms with van der Waals surface area (Å²) in [6.45, 7) is 6.17. The van der Waals surface area contributed by atoms with E-state index in [9.17, 15) is 0 Å². The molecule has 0 aromatic carbocycles. The predicted molar refractivity (Wildman–Crippen MR) is 43.3 cm³/mol. The average Bonchev–Trinajstić information content (AvgIpc) is 2.30. The van der Waals surface area contributed by atoms with Crippen LogP contribution in [0.2, 0.25) is 0 Å². The van der Waals surface area contributed by atoms with Gasteiger partial charge in [-0.05, 0) is 18.4 Å². The van der Waals surface area contributed by atoms with E-state index in [1.807, 2.05) is 6.92 Å². The fourth-order valence-electron chi connectivity index (χ4n) is 1.35. The molecule has 3 nitrogen and oxygen atoms in total. The molecule has 1 heterocycles. The molecule has 0 atom stereocenters. The minimum atomic E-state index is -0.0264. The third-order valence-corrected chi connectivity index (χ3v) is 1.75. The highest BCUT2D eigenvalue weighted by Crippen LogP contribution is 2.17. The number of hydrogen-bond acceptors (Lipinski definition) is 2. The van der Waals surface area contributed by atoms with E-state index >= 15 is 0 Å². The molecule has 0 saturated heterocycles. The number of aromatic nitrogens is 2. The Hall–Kier alpha value is -0.830. The van der Waals surface area contributed by atoms with Gasteiger partial charge in [0.1, 0.15) is 6.73 Å². The highest BCUT2D eigenvalue weighted by Gasteiger charge is 2.09. The SMILES string of the molecule is Cc1cnn(CO)c1C(C)C. The number of aliphatic hydroxyl groups excluding tert-OH is 1. The van der Waals surface area contributed by atoms with Gasteiger partial charge in [-0.3, -0.25) is 0 Å². The highest BCUT2D eigenvalue weighted by atomic mass is 16.3. The number of aryl methyl sites for hydroxylation is 1. The van der Waals surface area contributed by atoms with E-state index in [0.29, 0.717) is 5.92 Å². The number of rotatable bonds is 2. The van der Waals surface area contributed by atoms with Crippen molar-refractivity contribution in [2.24, 2.45) is 0 Å². The molecule has 1 aromatic heterocycles. The Morgan fingerprint density at radius 3 is 2.64 bits per heavy atom. The van der Waals surface area contributed by atoms with Gasteiger partial charge in [-0.1, -0.05) is 13.8 Å². The summed E-state index contributed by atoms with van der Waals surface area (Å²) in [7, 11) is 0. The molecule has 1 N–H and O–H groups in total. The maximum absolute atomic E-state index is 8.88. The Labute approximate surface area is 66.7 Å². The van der Waals surface area contributed by atoms with Gasteiger partial charge in [0.05, 0.1) is 6.20 Å². The lowest BCUT2D eigenvalue weighted by atomic mass is 10.1. The molecule has 11 heavy (non-hydrogen) atoms. The molecule has 0 aliphatic rings. The van der Waals surface area contributed by atoms with Crippen LogP contribution in [0.1, 0.15) is 31.0 Å². The maximum atomic E-state index is 8.88. The molecule has 0 aliphatic carbocycles. The number of hydrogen-bond donors (Lipinski definition) is 1. The van der Waals surface area contributed by atoms with Crippen molar-refractivity contribution in [2.45, 2.75) is 33.4 Å². The van der Waals surface area contributed by atoms with Gasteiger partial charge in [0.2, 0.25) is 0 Å². The van der Waals surface area contributed by atoms with Crippen molar-refractivity contribution in [1.82, 2.24) is 9.78 Å². The van der Waals surface area contributed by atoms with Crippen LogP contribution >= 0.6 is 0 Å². The Morgan fingerprint density at radius 2 is 2.27 bits per heavy atom. The van der Waals surface area contributed by atoms with Crippen LogP contribution in [0.5, 0.6) is 0 Å². The second kappa shape index (κ2) is 3.05. The third-order valence-electron chi connectivity index (χ3n) is 1.75. The molecule has 62 valence electrons. The first-order chi connectivity index (χ1) is 5.16. The molecule has 1 aromatic rings. The summed E-state index contributed by atoms with van der Waals surface area (Å²) in [6, 6.07) is 0. The summed E-state index contributed by atoms with van der Waals surface area (Å²) in [5.41, 5.74) is 2.27. The lowest BCUT2D eigenvalue weighted by Gasteiger charge is -2.08. The fourth-order valence-corrected chi connectivity index (χ4v) is 1.35. The molecule has 1 rings (SSSR count). The molecular formula is C8H14N2O. The van der Waals surface area contributed by atoms with Crippen LogP contribution < -0.4 is 0 Å². The van der Waals surface area contributed by atoms with Crippen molar-refractivity contribution in [3.05, 3.63) is 17.5 Å². The molecule has 0 bridgehead atoms. The maximum Gasteiger partial charge on any atom is 0.136 e. The number of aliphatic hydroxyl groups is 1. The molecule has 0 fully saturated rings. The van der Waals surface area contributed by atoms with Crippen molar-refractivity contribution in [3.63, 3.8) is 0 Å². The zero-order valence-electron chi connectivity index (χ0n) is 7.20. The van der Waals surface area contributed by atoms with Crippen LogP contribution in [0.15, 0.2) is 6.20 Å². The predicted octanol–water partition coefficient (Wildman–Crippen LogP) is 1.26. The quantitative estimate of drug-likeness (QED) is 0.696. The topological polar surface area (TPSA) is 38.0 Å². The minimum Gasteiger partial charge on any atom is -0.374 e. The van der Waals surface area contributed by atoms with Crippen LogP contribution in [-0.2, 0) is 6.73 Å². The normalized spacial score (nSPS) is 11.0. The van der Waals surface area contributed by atoms with Gasteiger partial charge in [-0.2, -0.15) is 5.10 Å². The molecule has 0 unspecified atom stereocenters. The number of nitrogens with zero attached hydrogens (tertiary/aromatic N) is 2. The zero-order valence-corrected chi connectivity index (χ0v) is 7.20. The van der Waals surface area contributed by atoms with E-state index in [0.717, 1.165) is 11.3 Å². The largest absolute Gasteiger partial charge is 0.374 e. The van der Waals surface area contributed by atoms with Crippen molar-refractivity contribution in [1.29, 1.82) is 0 Å². The second-order valence-electron chi connectivity index (χ2n) is 3.01. The van der Waals surface area contributed by atoms with Gasteiger partial charge in [-0.15, -0.1) is 0 Å². The third kappa shape index (κ3) is 1.43.